The molecule has 0 bridgehead atoms. The number of carbonyl (C=O) groups is 1. The Bertz CT molecular complexity index is 617. The molecule has 1 aromatic carbocycles. The van der Waals surface area contributed by atoms with Gasteiger partial charge in [-0.05, 0) is 37.1 Å². The fourth-order valence-electron chi connectivity index (χ4n) is 1.98. The summed E-state index contributed by atoms with van der Waals surface area (Å²) in [6, 6.07) is 5.59. The monoisotopic (exact) mass is 390 g/mol. The van der Waals surface area contributed by atoms with Crippen LogP contribution in [0.5, 0.6) is 0 Å². The molecule has 0 heterocycles. The first-order valence-electron chi connectivity index (χ1n) is 7.25. The molecular weight excluding hydrogens is 368 g/mol. The van der Waals surface area contributed by atoms with Gasteiger partial charge in [0.25, 0.3) is 0 Å². The van der Waals surface area contributed by atoms with E-state index in [0.717, 1.165) is 28.6 Å². The highest BCUT2D eigenvalue weighted by Crippen LogP contribution is 2.20. The molecule has 22 heavy (non-hydrogen) atoms. The molecule has 0 unspecified atom stereocenters. The zero-order chi connectivity index (χ0) is 16.8. The molecule has 0 aliphatic heterocycles. The van der Waals surface area contributed by atoms with Crippen LogP contribution in [0.2, 0.25) is 0 Å². The summed E-state index contributed by atoms with van der Waals surface area (Å²) in [5, 5.41) is 2.82. The summed E-state index contributed by atoms with van der Waals surface area (Å²) in [6.07, 6.45) is 3.03. The molecule has 7 heteroatoms. The molecule has 0 aliphatic rings. The maximum Gasteiger partial charge on any atom is 0.225 e. The number of carbonyl (C=O) groups excluding carboxylic acids is 1. The zero-order valence-corrected chi connectivity index (χ0v) is 15.6. The van der Waals surface area contributed by atoms with E-state index in [4.69, 9.17) is 0 Å². The summed E-state index contributed by atoms with van der Waals surface area (Å²) in [5.74, 6) is -0.185. The molecule has 0 aliphatic carbocycles. The predicted molar refractivity (Wildman–Crippen MR) is 93.5 cm³/mol. The Balaban J connectivity index is 2.60. The van der Waals surface area contributed by atoms with Gasteiger partial charge in [-0.15, -0.1) is 0 Å². The lowest BCUT2D eigenvalue weighted by Gasteiger charge is -2.19. The van der Waals surface area contributed by atoms with Crippen LogP contribution in [0.15, 0.2) is 22.7 Å². The lowest BCUT2D eigenvalue weighted by molar-refractivity contribution is -0.116. The predicted octanol–water partition coefficient (Wildman–Crippen LogP) is 3.15. The van der Waals surface area contributed by atoms with E-state index in [0.29, 0.717) is 6.54 Å². The zero-order valence-electron chi connectivity index (χ0n) is 13.2. The Labute approximate surface area is 141 Å². The average molecular weight is 391 g/mol. The number of nitrogens with one attached hydrogen (secondary N) is 1. The van der Waals surface area contributed by atoms with Crippen molar-refractivity contribution in [3.05, 3.63) is 28.2 Å². The molecule has 0 saturated carbocycles. The second-order valence-corrected chi connectivity index (χ2v) is 8.17. The maximum atomic E-state index is 12.0. The van der Waals surface area contributed by atoms with Crippen molar-refractivity contribution < 1.29 is 13.2 Å². The molecule has 1 aromatic rings. The van der Waals surface area contributed by atoms with Gasteiger partial charge in [0.2, 0.25) is 15.9 Å². The smallest absolute Gasteiger partial charge is 0.225 e. The van der Waals surface area contributed by atoms with Gasteiger partial charge >= 0.3 is 0 Å². The topological polar surface area (TPSA) is 66.5 Å². The minimum atomic E-state index is -3.27. The van der Waals surface area contributed by atoms with Crippen molar-refractivity contribution in [3.8, 4) is 0 Å². The van der Waals surface area contributed by atoms with E-state index in [-0.39, 0.29) is 18.9 Å². The Hall–Kier alpha value is -0.920. The number of sulfonamides is 1. The Kier molecular flexibility index (Phi) is 7.52. The van der Waals surface area contributed by atoms with E-state index >= 15 is 0 Å². The first-order chi connectivity index (χ1) is 10.2. The van der Waals surface area contributed by atoms with E-state index in [1.807, 2.05) is 32.0 Å². The minimum absolute atomic E-state index is 0.145. The first-order valence-corrected chi connectivity index (χ1v) is 9.89. The third-order valence-corrected chi connectivity index (χ3v) is 5.08. The van der Waals surface area contributed by atoms with Crippen molar-refractivity contribution in [2.75, 3.05) is 24.7 Å². The van der Waals surface area contributed by atoms with Crippen LogP contribution in [-0.2, 0) is 14.8 Å². The number of anilines is 1. The maximum absolute atomic E-state index is 12.0. The number of aryl methyl sites for hydroxylation is 1. The molecule has 0 fully saturated rings. The highest BCUT2D eigenvalue weighted by Gasteiger charge is 2.17. The highest BCUT2D eigenvalue weighted by molar-refractivity contribution is 9.10. The van der Waals surface area contributed by atoms with Crippen molar-refractivity contribution in [1.29, 1.82) is 0 Å². The fraction of sp³-hybridized carbons (Fsp3) is 0.533. The van der Waals surface area contributed by atoms with Crippen LogP contribution in [-0.4, -0.2) is 38.0 Å². The van der Waals surface area contributed by atoms with Gasteiger partial charge in [0.15, 0.2) is 0 Å². The summed E-state index contributed by atoms with van der Waals surface area (Å²) in [7, 11) is -3.27. The molecule has 0 atom stereocenters. The van der Waals surface area contributed by atoms with E-state index in [1.165, 1.54) is 10.6 Å². The van der Waals surface area contributed by atoms with Crippen molar-refractivity contribution in [1.82, 2.24) is 4.31 Å². The largest absolute Gasteiger partial charge is 0.326 e. The molecule has 1 rings (SSSR count). The Morgan fingerprint density at radius 3 is 2.55 bits per heavy atom. The van der Waals surface area contributed by atoms with Crippen LogP contribution in [0, 0.1) is 6.92 Å². The quantitative estimate of drug-likeness (QED) is 0.740. The van der Waals surface area contributed by atoms with Gasteiger partial charge in [-0.2, -0.15) is 0 Å². The molecular formula is C15H23BrN2O3S. The number of rotatable bonds is 8. The van der Waals surface area contributed by atoms with Gasteiger partial charge in [0.1, 0.15) is 0 Å². The normalized spacial score (nSPS) is 11.7. The average Bonchev–Trinajstić information content (AvgIpc) is 2.40. The van der Waals surface area contributed by atoms with Crippen LogP contribution in [0.1, 0.15) is 31.7 Å². The summed E-state index contributed by atoms with van der Waals surface area (Å²) >= 11 is 3.37. The molecule has 5 nitrogen and oxygen atoms in total. The number of nitrogens with zero attached hydrogens (tertiary/aromatic N) is 1. The molecule has 0 radical (unpaired) electrons. The van der Waals surface area contributed by atoms with Crippen LogP contribution in [0.4, 0.5) is 5.69 Å². The number of benzene rings is 1. The Morgan fingerprint density at radius 1 is 1.32 bits per heavy atom. The van der Waals surface area contributed by atoms with Gasteiger partial charge in [0.05, 0.1) is 6.26 Å². The van der Waals surface area contributed by atoms with Crippen LogP contribution < -0.4 is 5.32 Å². The Morgan fingerprint density at radius 2 is 2.00 bits per heavy atom. The molecule has 1 amide bonds. The SMILES string of the molecule is CCCCN(CCC(=O)Nc1ccc(Br)cc1C)S(C)(=O)=O. The molecule has 1 N–H and O–H groups in total. The van der Waals surface area contributed by atoms with Crippen molar-refractivity contribution in [3.63, 3.8) is 0 Å². The fourth-order valence-corrected chi connectivity index (χ4v) is 3.34. The minimum Gasteiger partial charge on any atom is -0.326 e. The summed E-state index contributed by atoms with van der Waals surface area (Å²) in [4.78, 5) is 12.0. The summed E-state index contributed by atoms with van der Waals surface area (Å²) < 4.78 is 25.7. The number of amides is 1. The summed E-state index contributed by atoms with van der Waals surface area (Å²) in [6.45, 7) is 4.58. The lowest BCUT2D eigenvalue weighted by atomic mass is 10.2. The number of halogens is 1. The lowest BCUT2D eigenvalue weighted by Crippen LogP contribution is -2.33. The highest BCUT2D eigenvalue weighted by atomic mass is 79.9. The van der Waals surface area contributed by atoms with Crippen molar-refractivity contribution in [2.45, 2.75) is 33.1 Å². The van der Waals surface area contributed by atoms with Crippen LogP contribution in [0.25, 0.3) is 0 Å². The molecule has 0 saturated heterocycles. The number of hydrogen-bond donors (Lipinski definition) is 1. The van der Waals surface area contributed by atoms with Crippen molar-refractivity contribution >= 4 is 37.5 Å². The van der Waals surface area contributed by atoms with Gasteiger partial charge < -0.3 is 5.32 Å². The second kappa shape index (κ2) is 8.64. The molecule has 124 valence electrons. The third-order valence-electron chi connectivity index (χ3n) is 3.28. The summed E-state index contributed by atoms with van der Waals surface area (Å²) in [5.41, 5.74) is 1.70. The standard InChI is InChI=1S/C15H23BrN2O3S/c1-4-5-9-18(22(3,20)21)10-8-15(19)17-14-7-6-13(16)11-12(14)2/h6-7,11H,4-5,8-10H2,1-3H3,(H,17,19). The van der Waals surface area contributed by atoms with Gasteiger partial charge in [-0.1, -0.05) is 29.3 Å². The molecule has 0 spiro atoms. The second-order valence-electron chi connectivity index (χ2n) is 5.27. The van der Waals surface area contributed by atoms with Crippen molar-refractivity contribution in [2.24, 2.45) is 0 Å². The van der Waals surface area contributed by atoms with Crippen LogP contribution in [0.3, 0.4) is 0 Å². The van der Waals surface area contributed by atoms with E-state index < -0.39 is 10.0 Å². The van der Waals surface area contributed by atoms with E-state index in [2.05, 4.69) is 21.2 Å². The van der Waals surface area contributed by atoms with Gasteiger partial charge in [-0.3, -0.25) is 4.79 Å². The van der Waals surface area contributed by atoms with E-state index in [9.17, 15) is 13.2 Å². The van der Waals surface area contributed by atoms with E-state index in [1.54, 1.807) is 0 Å². The third kappa shape index (κ3) is 6.46. The first kappa shape index (κ1) is 19.1. The van der Waals surface area contributed by atoms with Gasteiger partial charge in [-0.25, -0.2) is 12.7 Å². The van der Waals surface area contributed by atoms with Crippen LogP contribution >= 0.6 is 15.9 Å². The number of hydrogen-bond acceptors (Lipinski definition) is 3. The van der Waals surface area contributed by atoms with Gasteiger partial charge in [0, 0.05) is 29.7 Å². The molecule has 0 aromatic heterocycles. The number of unbranched alkanes of at least 4 members (excludes halogenated alkanes) is 1.